The number of hydrogen-bond acceptors (Lipinski definition) is 2. The first kappa shape index (κ1) is 15.1. The maximum atomic E-state index is 12.6. The van der Waals surface area contributed by atoms with Crippen molar-refractivity contribution in [3.63, 3.8) is 0 Å². The summed E-state index contributed by atoms with van der Waals surface area (Å²) in [5.74, 6) is 0.423. The molecule has 0 atom stereocenters. The second kappa shape index (κ2) is 6.01. The van der Waals surface area contributed by atoms with Gasteiger partial charge in [0.15, 0.2) is 0 Å². The van der Waals surface area contributed by atoms with Crippen molar-refractivity contribution in [3.8, 4) is 0 Å². The topological polar surface area (TPSA) is 24.9 Å². The van der Waals surface area contributed by atoms with Crippen molar-refractivity contribution in [2.45, 2.75) is 12.7 Å². The zero-order valence-electron chi connectivity index (χ0n) is 10.0. The second-order valence-corrected chi connectivity index (χ2v) is 5.36. The molecule has 1 aromatic carbocycles. The van der Waals surface area contributed by atoms with Crippen LogP contribution in [-0.4, -0.2) is 4.98 Å². The van der Waals surface area contributed by atoms with Crippen LogP contribution in [0.1, 0.15) is 11.1 Å². The van der Waals surface area contributed by atoms with Crippen molar-refractivity contribution in [2.24, 2.45) is 0 Å². The maximum absolute atomic E-state index is 12.6. The van der Waals surface area contributed by atoms with Crippen LogP contribution in [0.3, 0.4) is 0 Å². The van der Waals surface area contributed by atoms with Crippen molar-refractivity contribution in [3.05, 3.63) is 57.2 Å². The van der Waals surface area contributed by atoms with Crippen molar-refractivity contribution in [1.82, 2.24) is 4.98 Å². The van der Waals surface area contributed by atoms with E-state index in [1.54, 1.807) is 18.3 Å². The molecule has 0 aliphatic carbocycles. The third-order valence-corrected chi connectivity index (χ3v) is 3.24. The fraction of sp³-hybridized carbons (Fsp3) is 0.154. The van der Waals surface area contributed by atoms with Gasteiger partial charge in [0.25, 0.3) is 0 Å². The lowest BCUT2D eigenvalue weighted by atomic mass is 10.1. The van der Waals surface area contributed by atoms with Crippen LogP contribution < -0.4 is 5.32 Å². The lowest BCUT2D eigenvalue weighted by Gasteiger charge is -2.10. The van der Waals surface area contributed by atoms with E-state index in [-0.39, 0.29) is 6.54 Å². The molecule has 0 aliphatic rings. The molecule has 0 radical (unpaired) electrons. The summed E-state index contributed by atoms with van der Waals surface area (Å²) in [6.45, 7) is 0.207. The number of rotatable bonds is 3. The van der Waals surface area contributed by atoms with Gasteiger partial charge in [0.2, 0.25) is 0 Å². The Bertz CT molecular complexity index is 617. The van der Waals surface area contributed by atoms with E-state index in [1.807, 2.05) is 0 Å². The highest BCUT2D eigenvalue weighted by molar-refractivity contribution is 9.10. The van der Waals surface area contributed by atoms with Gasteiger partial charge in [-0.3, -0.25) is 0 Å². The molecule has 1 heterocycles. The van der Waals surface area contributed by atoms with Crippen LogP contribution >= 0.6 is 27.5 Å². The van der Waals surface area contributed by atoms with E-state index in [2.05, 4.69) is 26.2 Å². The largest absolute Gasteiger partial charge is 0.416 e. The quantitative estimate of drug-likeness (QED) is 0.816. The Morgan fingerprint density at radius 3 is 2.65 bits per heavy atom. The van der Waals surface area contributed by atoms with Gasteiger partial charge in [-0.15, -0.1) is 0 Å². The SMILES string of the molecule is FC(F)(F)c1cccc(CNc2ncc(Br)cc2Cl)c1. The average molecular weight is 366 g/mol. The molecule has 106 valence electrons. The van der Waals surface area contributed by atoms with Crippen LogP contribution in [0.4, 0.5) is 19.0 Å². The number of nitrogens with one attached hydrogen (secondary N) is 1. The van der Waals surface area contributed by atoms with Crippen LogP contribution in [0.2, 0.25) is 5.02 Å². The Labute approximate surface area is 127 Å². The van der Waals surface area contributed by atoms with Gasteiger partial charge in [-0.25, -0.2) is 4.98 Å². The molecule has 0 spiro atoms. The Morgan fingerprint density at radius 2 is 2.00 bits per heavy atom. The highest BCUT2D eigenvalue weighted by Gasteiger charge is 2.30. The molecule has 0 saturated carbocycles. The first-order valence-electron chi connectivity index (χ1n) is 5.57. The van der Waals surface area contributed by atoms with E-state index in [9.17, 15) is 13.2 Å². The Morgan fingerprint density at radius 1 is 1.25 bits per heavy atom. The summed E-state index contributed by atoms with van der Waals surface area (Å²) in [6, 6.07) is 6.77. The van der Waals surface area contributed by atoms with Gasteiger partial charge in [-0.05, 0) is 39.7 Å². The van der Waals surface area contributed by atoms with Gasteiger partial charge >= 0.3 is 6.18 Å². The van der Waals surface area contributed by atoms with Crippen LogP contribution in [0.25, 0.3) is 0 Å². The monoisotopic (exact) mass is 364 g/mol. The predicted octanol–water partition coefficient (Wildman–Crippen LogP) is 5.13. The maximum Gasteiger partial charge on any atom is 0.416 e. The predicted molar refractivity (Wildman–Crippen MR) is 75.7 cm³/mol. The third-order valence-electron chi connectivity index (χ3n) is 2.52. The number of benzene rings is 1. The lowest BCUT2D eigenvalue weighted by molar-refractivity contribution is -0.137. The molecule has 2 rings (SSSR count). The Kier molecular flexibility index (Phi) is 4.55. The zero-order valence-corrected chi connectivity index (χ0v) is 12.4. The van der Waals surface area contributed by atoms with Crippen molar-refractivity contribution in [2.75, 3.05) is 5.32 Å². The molecule has 0 aliphatic heterocycles. The van der Waals surface area contributed by atoms with Crippen LogP contribution in [0.15, 0.2) is 41.0 Å². The number of alkyl halides is 3. The highest BCUT2D eigenvalue weighted by Crippen LogP contribution is 2.30. The number of aromatic nitrogens is 1. The number of anilines is 1. The summed E-state index contributed by atoms with van der Waals surface area (Å²) in [7, 11) is 0. The first-order valence-corrected chi connectivity index (χ1v) is 6.74. The molecule has 0 bridgehead atoms. The molecule has 7 heteroatoms. The van der Waals surface area contributed by atoms with Gasteiger partial charge in [0.05, 0.1) is 10.6 Å². The van der Waals surface area contributed by atoms with Gasteiger partial charge in [0, 0.05) is 17.2 Å². The van der Waals surface area contributed by atoms with E-state index in [0.717, 1.165) is 16.6 Å². The molecule has 20 heavy (non-hydrogen) atoms. The summed E-state index contributed by atoms with van der Waals surface area (Å²) in [4.78, 5) is 4.05. The zero-order chi connectivity index (χ0) is 14.8. The first-order chi connectivity index (χ1) is 9.36. The molecule has 0 unspecified atom stereocenters. The normalized spacial score (nSPS) is 11.4. The lowest BCUT2D eigenvalue weighted by Crippen LogP contribution is -2.07. The van der Waals surface area contributed by atoms with E-state index in [0.29, 0.717) is 16.4 Å². The fourth-order valence-electron chi connectivity index (χ4n) is 1.59. The molecule has 2 nitrogen and oxygen atoms in total. The van der Waals surface area contributed by atoms with E-state index < -0.39 is 11.7 Å². The molecule has 0 saturated heterocycles. The number of hydrogen-bond donors (Lipinski definition) is 1. The summed E-state index contributed by atoms with van der Waals surface area (Å²) >= 11 is 9.19. The van der Waals surface area contributed by atoms with E-state index in [1.165, 1.54) is 6.07 Å². The summed E-state index contributed by atoms with van der Waals surface area (Å²) in [6.07, 6.45) is -2.79. The number of halogens is 5. The van der Waals surface area contributed by atoms with Gasteiger partial charge in [-0.1, -0.05) is 23.7 Å². The van der Waals surface area contributed by atoms with Gasteiger partial charge < -0.3 is 5.32 Å². The number of nitrogens with zero attached hydrogens (tertiary/aromatic N) is 1. The second-order valence-electron chi connectivity index (χ2n) is 4.04. The summed E-state index contributed by atoms with van der Waals surface area (Å²) in [5.41, 5.74) is -0.174. The average Bonchev–Trinajstić information content (AvgIpc) is 2.37. The minimum Gasteiger partial charge on any atom is -0.365 e. The molecular weight excluding hydrogens is 357 g/mol. The number of pyridine rings is 1. The minimum absolute atomic E-state index is 0.207. The van der Waals surface area contributed by atoms with E-state index in [4.69, 9.17) is 11.6 Å². The molecule has 2 aromatic rings. The fourth-order valence-corrected chi connectivity index (χ4v) is 2.28. The van der Waals surface area contributed by atoms with Crippen molar-refractivity contribution < 1.29 is 13.2 Å². The molecule has 1 N–H and O–H groups in total. The van der Waals surface area contributed by atoms with Gasteiger partial charge in [0.1, 0.15) is 5.82 Å². The smallest absolute Gasteiger partial charge is 0.365 e. The summed E-state index contributed by atoms with van der Waals surface area (Å²) in [5, 5.41) is 3.30. The Hall–Kier alpha value is -1.27. The van der Waals surface area contributed by atoms with Gasteiger partial charge in [-0.2, -0.15) is 13.2 Å². The minimum atomic E-state index is -4.34. The standard InChI is InChI=1S/C13H9BrClF3N2/c14-10-5-11(15)12(20-7-10)19-6-8-2-1-3-9(4-8)13(16,17)18/h1-5,7H,6H2,(H,19,20). The van der Waals surface area contributed by atoms with Crippen LogP contribution in [-0.2, 0) is 12.7 Å². The Balaban J connectivity index is 2.11. The molecule has 1 aromatic heterocycles. The highest BCUT2D eigenvalue weighted by atomic mass is 79.9. The molecule has 0 amide bonds. The van der Waals surface area contributed by atoms with Crippen LogP contribution in [0.5, 0.6) is 0 Å². The van der Waals surface area contributed by atoms with Crippen molar-refractivity contribution >= 4 is 33.3 Å². The third kappa shape index (κ3) is 3.86. The molecule has 0 fully saturated rings. The summed E-state index contributed by atoms with van der Waals surface area (Å²) < 4.78 is 38.5. The van der Waals surface area contributed by atoms with Crippen molar-refractivity contribution in [1.29, 1.82) is 0 Å². The molecular formula is C13H9BrClF3N2. The van der Waals surface area contributed by atoms with Crippen LogP contribution in [0, 0.1) is 0 Å². The van der Waals surface area contributed by atoms with E-state index >= 15 is 0 Å².